The summed E-state index contributed by atoms with van der Waals surface area (Å²) in [6.45, 7) is 2.72. The zero-order valence-electron chi connectivity index (χ0n) is 22.0. The number of nitrogens with zero attached hydrogens (tertiary/aromatic N) is 5. The first-order chi connectivity index (χ1) is 19.6. The molecule has 0 spiro atoms. The number of nitrogens with one attached hydrogen (secondary N) is 1. The number of halogens is 2. The molecular formula is C26H27F2N7O4S2. The number of hydrogen-bond acceptors (Lipinski definition) is 9. The Balaban J connectivity index is 1.34. The molecule has 0 aliphatic carbocycles. The van der Waals surface area contributed by atoms with E-state index in [1.807, 2.05) is 13.0 Å². The van der Waals surface area contributed by atoms with Crippen molar-refractivity contribution in [2.24, 2.45) is 0 Å². The molecule has 1 saturated heterocycles. The predicted molar refractivity (Wildman–Crippen MR) is 151 cm³/mol. The second-order valence-corrected chi connectivity index (χ2v) is 12.1. The van der Waals surface area contributed by atoms with Gasteiger partial charge < -0.3 is 15.4 Å². The van der Waals surface area contributed by atoms with Crippen LogP contribution in [0.2, 0.25) is 0 Å². The van der Waals surface area contributed by atoms with Gasteiger partial charge in [-0.1, -0.05) is 12.1 Å². The molecule has 4 aromatic rings. The molecule has 3 heterocycles. The molecule has 11 nitrogen and oxygen atoms in total. The highest BCUT2D eigenvalue weighted by Gasteiger charge is 2.29. The van der Waals surface area contributed by atoms with Crippen LogP contribution in [0.15, 0.2) is 59.0 Å². The molecule has 1 aliphatic heterocycles. The molecule has 41 heavy (non-hydrogen) atoms. The number of benzene rings is 2. The summed E-state index contributed by atoms with van der Waals surface area (Å²) < 4.78 is 64.4. The van der Waals surface area contributed by atoms with E-state index in [9.17, 15) is 22.0 Å². The molecule has 1 fully saturated rings. The topological polar surface area (TPSA) is 136 Å². The summed E-state index contributed by atoms with van der Waals surface area (Å²) in [5, 5.41) is 6.52. The highest BCUT2D eigenvalue weighted by atomic mass is 32.2. The zero-order valence-corrected chi connectivity index (χ0v) is 23.6. The van der Waals surface area contributed by atoms with Crippen LogP contribution >= 0.6 is 11.3 Å². The fourth-order valence-electron chi connectivity index (χ4n) is 4.38. The van der Waals surface area contributed by atoms with Crippen LogP contribution in [-0.4, -0.2) is 53.7 Å². The number of nitrogen functional groups attached to an aromatic ring is 1. The summed E-state index contributed by atoms with van der Waals surface area (Å²) in [7, 11) is -3.78. The Bertz CT molecular complexity index is 1690. The molecule has 216 valence electrons. The van der Waals surface area contributed by atoms with E-state index < -0.39 is 27.4 Å². The van der Waals surface area contributed by atoms with Gasteiger partial charge in [-0.3, -0.25) is 4.79 Å². The minimum absolute atomic E-state index is 0.00962. The van der Waals surface area contributed by atoms with E-state index in [2.05, 4.69) is 14.8 Å². The molecule has 2 aromatic carbocycles. The number of piperazine rings is 1. The van der Waals surface area contributed by atoms with Crippen molar-refractivity contribution < 1.29 is 21.9 Å². The second-order valence-electron chi connectivity index (χ2n) is 9.32. The Hall–Kier alpha value is -3.92. The molecule has 15 heteroatoms. The minimum Gasteiger partial charge on any atom is -0.479 e. The maximum atomic E-state index is 13.9. The lowest BCUT2D eigenvalue weighted by molar-refractivity contribution is 0.297. The average Bonchev–Trinajstić information content (AvgIpc) is 3.46. The number of nitrogens with two attached hydrogens (primary N) is 1. The molecule has 0 radical (unpaired) electrons. The molecular weight excluding hydrogens is 576 g/mol. The third-order valence-corrected chi connectivity index (χ3v) is 8.85. The highest BCUT2D eigenvalue weighted by Crippen LogP contribution is 2.27. The fourth-order valence-corrected chi connectivity index (χ4v) is 6.08. The van der Waals surface area contributed by atoms with Crippen molar-refractivity contribution in [2.45, 2.75) is 20.1 Å². The first kappa shape index (κ1) is 28.6. The van der Waals surface area contributed by atoms with E-state index in [1.165, 1.54) is 21.8 Å². The van der Waals surface area contributed by atoms with Gasteiger partial charge in [0.25, 0.3) is 10.2 Å². The SMILES string of the molecule is Cc1cc(CNS(=O)(=O)N2CCN(c3cnn(-c4cc(F)cc(F)c4)c(=O)c3OCc3nccs3)CC2)ccc1N. The van der Waals surface area contributed by atoms with E-state index in [0.717, 1.165) is 27.9 Å². The Morgan fingerprint density at radius 2 is 1.83 bits per heavy atom. The number of ether oxygens (including phenoxy) is 1. The Morgan fingerprint density at radius 3 is 2.49 bits per heavy atom. The highest BCUT2D eigenvalue weighted by molar-refractivity contribution is 7.87. The zero-order chi connectivity index (χ0) is 29.1. The third kappa shape index (κ3) is 6.53. The van der Waals surface area contributed by atoms with Crippen LogP contribution in [0.25, 0.3) is 5.69 Å². The maximum Gasteiger partial charge on any atom is 0.316 e. The Morgan fingerprint density at radius 1 is 1.10 bits per heavy atom. The number of anilines is 2. The number of thiazole rings is 1. The molecule has 0 unspecified atom stereocenters. The molecule has 2 aromatic heterocycles. The smallest absolute Gasteiger partial charge is 0.316 e. The third-order valence-electron chi connectivity index (χ3n) is 6.54. The van der Waals surface area contributed by atoms with Crippen LogP contribution in [-0.2, 0) is 23.4 Å². The van der Waals surface area contributed by atoms with Gasteiger partial charge in [0, 0.05) is 56.1 Å². The second kappa shape index (κ2) is 11.9. The Labute approximate surface area is 239 Å². The minimum atomic E-state index is -3.78. The molecule has 1 aliphatic rings. The van der Waals surface area contributed by atoms with Gasteiger partial charge in [0.15, 0.2) is 0 Å². The average molecular weight is 604 g/mol. The van der Waals surface area contributed by atoms with Gasteiger partial charge in [0.2, 0.25) is 5.75 Å². The van der Waals surface area contributed by atoms with Gasteiger partial charge >= 0.3 is 5.56 Å². The summed E-state index contributed by atoms with van der Waals surface area (Å²) in [6, 6.07) is 8.01. The van der Waals surface area contributed by atoms with E-state index in [-0.39, 0.29) is 50.8 Å². The first-order valence-corrected chi connectivity index (χ1v) is 14.9. The van der Waals surface area contributed by atoms with Crippen LogP contribution < -0.4 is 25.7 Å². The van der Waals surface area contributed by atoms with Gasteiger partial charge in [0.1, 0.15) is 28.9 Å². The van der Waals surface area contributed by atoms with Gasteiger partial charge in [0.05, 0.1) is 11.9 Å². The molecule has 5 rings (SSSR count). The maximum absolute atomic E-state index is 13.9. The van der Waals surface area contributed by atoms with Crippen molar-refractivity contribution >= 4 is 32.9 Å². The lowest BCUT2D eigenvalue weighted by Crippen LogP contribution is -2.52. The van der Waals surface area contributed by atoms with Crippen molar-refractivity contribution in [2.75, 3.05) is 36.8 Å². The summed E-state index contributed by atoms with van der Waals surface area (Å²) >= 11 is 1.34. The molecule has 0 bridgehead atoms. The summed E-state index contributed by atoms with van der Waals surface area (Å²) in [6.07, 6.45) is 2.97. The van der Waals surface area contributed by atoms with Crippen molar-refractivity contribution in [3.63, 3.8) is 0 Å². The lowest BCUT2D eigenvalue weighted by atomic mass is 10.1. The van der Waals surface area contributed by atoms with E-state index >= 15 is 0 Å². The lowest BCUT2D eigenvalue weighted by Gasteiger charge is -2.35. The summed E-state index contributed by atoms with van der Waals surface area (Å²) in [5.74, 6) is -1.81. The van der Waals surface area contributed by atoms with Crippen LogP contribution in [0.4, 0.5) is 20.2 Å². The van der Waals surface area contributed by atoms with Gasteiger partial charge in [-0.15, -0.1) is 11.3 Å². The molecule has 0 amide bonds. The van der Waals surface area contributed by atoms with Crippen LogP contribution in [0.3, 0.4) is 0 Å². The molecule has 0 saturated carbocycles. The van der Waals surface area contributed by atoms with Gasteiger partial charge in [-0.2, -0.15) is 27.2 Å². The molecule has 0 atom stereocenters. The van der Waals surface area contributed by atoms with Crippen LogP contribution in [0.5, 0.6) is 5.75 Å². The first-order valence-electron chi connectivity index (χ1n) is 12.6. The number of aryl methyl sites for hydroxylation is 1. The van der Waals surface area contributed by atoms with Crippen molar-refractivity contribution in [3.8, 4) is 11.4 Å². The number of hydrogen-bond donors (Lipinski definition) is 2. The van der Waals surface area contributed by atoms with Crippen molar-refractivity contribution in [1.29, 1.82) is 0 Å². The number of aromatic nitrogens is 3. The standard InChI is InChI=1S/C26H27F2N7O4S2/c1-17-10-18(2-3-22(17)29)14-32-41(37,38)34-7-5-33(6-8-34)23-15-31-35(21-12-19(27)11-20(28)13-21)26(36)25(23)39-16-24-30-4-9-40-24/h2-4,9-13,15,32H,5-8,14,16,29H2,1H3. The van der Waals surface area contributed by atoms with Crippen molar-refractivity contribution in [3.05, 3.63) is 92.3 Å². The predicted octanol–water partition coefficient (Wildman–Crippen LogP) is 2.59. The van der Waals surface area contributed by atoms with Crippen LogP contribution in [0, 0.1) is 18.6 Å². The monoisotopic (exact) mass is 603 g/mol. The fraction of sp³-hybridized carbons (Fsp3) is 0.269. The van der Waals surface area contributed by atoms with E-state index in [1.54, 1.807) is 28.6 Å². The Kier molecular flexibility index (Phi) is 8.30. The summed E-state index contributed by atoms with van der Waals surface area (Å²) in [4.78, 5) is 19.4. The van der Waals surface area contributed by atoms with Crippen molar-refractivity contribution in [1.82, 2.24) is 23.8 Å². The largest absolute Gasteiger partial charge is 0.479 e. The van der Waals surface area contributed by atoms with Gasteiger partial charge in [-0.05, 0) is 36.2 Å². The normalized spacial score (nSPS) is 14.4. The summed E-state index contributed by atoms with van der Waals surface area (Å²) in [5.41, 5.74) is 7.63. The van der Waals surface area contributed by atoms with Crippen LogP contribution in [0.1, 0.15) is 16.1 Å². The number of rotatable bonds is 9. The van der Waals surface area contributed by atoms with E-state index in [4.69, 9.17) is 10.5 Å². The van der Waals surface area contributed by atoms with E-state index in [0.29, 0.717) is 22.4 Å². The molecule has 3 N–H and O–H groups in total. The van der Waals surface area contributed by atoms with Gasteiger partial charge in [-0.25, -0.2) is 13.8 Å². The quantitative estimate of drug-likeness (QED) is 0.279.